The molecule has 3 atom stereocenters. The average Bonchev–Trinajstić information content (AvgIpc) is 2.44. The molecule has 0 aromatic rings. The van der Waals surface area contributed by atoms with Gasteiger partial charge in [0.1, 0.15) is 12.2 Å². The lowest BCUT2D eigenvalue weighted by Gasteiger charge is -2.36. The first-order chi connectivity index (χ1) is 11.4. The highest BCUT2D eigenvalue weighted by atomic mass is 35.6. The predicted octanol–water partition coefficient (Wildman–Crippen LogP) is 3.14. The van der Waals surface area contributed by atoms with Crippen LogP contribution in [0.3, 0.4) is 0 Å². The predicted molar refractivity (Wildman–Crippen MR) is 96.1 cm³/mol. The van der Waals surface area contributed by atoms with Crippen molar-refractivity contribution in [1.29, 1.82) is 0 Å². The molecule has 1 rings (SSSR count). The van der Waals surface area contributed by atoms with Gasteiger partial charge < -0.3 is 25.2 Å². The van der Waals surface area contributed by atoms with Crippen molar-refractivity contribution in [3.63, 3.8) is 0 Å². The fraction of sp³-hybridized carbons (Fsp3) is 0.867. The van der Waals surface area contributed by atoms with Crippen LogP contribution < -0.4 is 10.6 Å². The number of aliphatic hydroxyl groups is 1. The number of amides is 2. The van der Waals surface area contributed by atoms with Crippen molar-refractivity contribution in [3.8, 4) is 0 Å². The van der Waals surface area contributed by atoms with Crippen molar-refractivity contribution in [2.24, 2.45) is 5.92 Å². The molecule has 3 N–H and O–H groups in total. The molecule has 1 aliphatic rings. The van der Waals surface area contributed by atoms with E-state index in [2.05, 4.69) is 10.6 Å². The number of nitrogens with one attached hydrogen (secondary N) is 2. The van der Waals surface area contributed by atoms with Crippen molar-refractivity contribution < 1.29 is 24.2 Å². The van der Waals surface area contributed by atoms with Gasteiger partial charge in [-0.2, -0.15) is 0 Å². The van der Waals surface area contributed by atoms with E-state index in [1.54, 1.807) is 20.8 Å². The maximum Gasteiger partial charge on any atom is 0.407 e. The lowest BCUT2D eigenvalue weighted by atomic mass is 9.82. The molecule has 0 bridgehead atoms. The summed E-state index contributed by atoms with van der Waals surface area (Å²) < 4.78 is 8.38. The number of alkyl carbamates (subject to hydrolysis) is 2. The molecule has 2 amide bonds. The Bertz CT molecular complexity index is 465. The van der Waals surface area contributed by atoms with Gasteiger partial charge in [-0.15, -0.1) is 0 Å². The lowest BCUT2D eigenvalue weighted by Crippen LogP contribution is -2.50. The average molecular weight is 420 g/mol. The monoisotopic (exact) mass is 418 g/mol. The minimum Gasteiger partial charge on any atom is -0.445 e. The molecule has 10 heteroatoms. The van der Waals surface area contributed by atoms with Crippen molar-refractivity contribution in [2.75, 3.05) is 13.2 Å². The van der Waals surface area contributed by atoms with Gasteiger partial charge in [-0.1, -0.05) is 34.8 Å². The first-order valence-electron chi connectivity index (χ1n) is 8.00. The summed E-state index contributed by atoms with van der Waals surface area (Å²) >= 11 is 16.6. The number of carbonyl (C=O) groups excluding carboxylic acids is 2. The highest BCUT2D eigenvalue weighted by Gasteiger charge is 2.33. The van der Waals surface area contributed by atoms with E-state index in [9.17, 15) is 14.7 Å². The van der Waals surface area contributed by atoms with Crippen LogP contribution in [0, 0.1) is 5.92 Å². The molecule has 146 valence electrons. The summed E-state index contributed by atoms with van der Waals surface area (Å²) in [6, 6.07) is -0.424. The zero-order valence-corrected chi connectivity index (χ0v) is 16.7. The van der Waals surface area contributed by atoms with Crippen molar-refractivity contribution in [3.05, 3.63) is 0 Å². The van der Waals surface area contributed by atoms with E-state index in [-0.39, 0.29) is 31.2 Å². The summed E-state index contributed by atoms with van der Waals surface area (Å²) in [5.74, 6) is -0.228. The maximum absolute atomic E-state index is 11.8. The van der Waals surface area contributed by atoms with Gasteiger partial charge in [0.15, 0.2) is 0 Å². The zero-order chi connectivity index (χ0) is 19.3. The summed E-state index contributed by atoms with van der Waals surface area (Å²) in [5.41, 5.74) is -0.578. The normalized spacial score (nSPS) is 24.4. The van der Waals surface area contributed by atoms with E-state index in [0.29, 0.717) is 19.3 Å². The Labute approximate surface area is 162 Å². The number of ether oxygens (including phenoxy) is 2. The van der Waals surface area contributed by atoms with Crippen LogP contribution in [0.2, 0.25) is 0 Å². The van der Waals surface area contributed by atoms with Gasteiger partial charge in [-0.3, -0.25) is 0 Å². The Balaban J connectivity index is 2.47. The molecule has 1 fully saturated rings. The fourth-order valence-electron chi connectivity index (χ4n) is 2.60. The van der Waals surface area contributed by atoms with E-state index in [1.807, 2.05) is 0 Å². The number of hydrogen-bond donors (Lipinski definition) is 3. The summed E-state index contributed by atoms with van der Waals surface area (Å²) in [6.45, 7) is 4.84. The Kier molecular flexibility index (Phi) is 8.38. The fourth-order valence-corrected chi connectivity index (χ4v) is 2.77. The maximum atomic E-state index is 11.8. The molecule has 0 heterocycles. The van der Waals surface area contributed by atoms with Crippen LogP contribution in [-0.2, 0) is 9.47 Å². The second-order valence-corrected chi connectivity index (χ2v) is 9.56. The van der Waals surface area contributed by atoms with E-state index < -0.39 is 21.6 Å². The second kappa shape index (κ2) is 9.35. The van der Waals surface area contributed by atoms with E-state index in [1.165, 1.54) is 0 Å². The first kappa shape index (κ1) is 22.4. The summed E-state index contributed by atoms with van der Waals surface area (Å²) in [7, 11) is 0. The molecule has 0 aromatic carbocycles. The van der Waals surface area contributed by atoms with E-state index >= 15 is 0 Å². The SMILES string of the molecule is CC(C)(C)OC(=O)NC1CCC(NC(=O)OCC(Cl)(Cl)Cl)C(CO)C1. The van der Waals surface area contributed by atoms with Crippen molar-refractivity contribution in [1.82, 2.24) is 10.6 Å². The molecule has 25 heavy (non-hydrogen) atoms. The summed E-state index contributed by atoms with van der Waals surface area (Å²) in [4.78, 5) is 23.6. The van der Waals surface area contributed by atoms with Gasteiger partial charge in [-0.25, -0.2) is 9.59 Å². The van der Waals surface area contributed by atoms with Gasteiger partial charge in [0.2, 0.25) is 3.79 Å². The largest absolute Gasteiger partial charge is 0.445 e. The number of aliphatic hydroxyl groups excluding tert-OH is 1. The molecule has 0 saturated heterocycles. The van der Waals surface area contributed by atoms with Gasteiger partial charge in [0.25, 0.3) is 0 Å². The highest BCUT2D eigenvalue weighted by molar-refractivity contribution is 6.67. The van der Waals surface area contributed by atoms with Crippen LogP contribution in [0.15, 0.2) is 0 Å². The Hall–Kier alpha value is -0.630. The van der Waals surface area contributed by atoms with Gasteiger partial charge in [0.05, 0.1) is 0 Å². The third-order valence-electron chi connectivity index (χ3n) is 3.61. The molecule has 1 saturated carbocycles. The molecule has 0 spiro atoms. The Morgan fingerprint density at radius 1 is 1.12 bits per heavy atom. The standard InChI is InChI=1S/C15H25Cl3N2O5/c1-14(2,3)25-13(23)19-10-4-5-11(9(6-10)7-21)20-12(22)24-8-15(16,17)18/h9-11,21H,4-8H2,1-3H3,(H,19,23)(H,20,22). The number of hydrogen-bond acceptors (Lipinski definition) is 5. The smallest absolute Gasteiger partial charge is 0.407 e. The number of alkyl halides is 3. The molecule has 0 radical (unpaired) electrons. The molecule has 7 nitrogen and oxygen atoms in total. The van der Waals surface area contributed by atoms with Crippen LogP contribution in [0.25, 0.3) is 0 Å². The topological polar surface area (TPSA) is 96.9 Å². The van der Waals surface area contributed by atoms with Crippen molar-refractivity contribution >= 4 is 47.0 Å². The van der Waals surface area contributed by atoms with E-state index in [0.717, 1.165) is 0 Å². The molecule has 3 unspecified atom stereocenters. The van der Waals surface area contributed by atoms with Gasteiger partial charge in [-0.05, 0) is 40.0 Å². The van der Waals surface area contributed by atoms with Crippen molar-refractivity contribution in [2.45, 2.75) is 61.5 Å². The zero-order valence-electron chi connectivity index (χ0n) is 14.5. The molecule has 1 aliphatic carbocycles. The highest BCUT2D eigenvalue weighted by Crippen LogP contribution is 2.27. The number of carbonyl (C=O) groups is 2. The van der Waals surface area contributed by atoms with Crippen LogP contribution in [-0.4, -0.2) is 52.0 Å². The number of rotatable bonds is 4. The Morgan fingerprint density at radius 3 is 2.28 bits per heavy atom. The molecular formula is C15H25Cl3N2O5. The molecular weight excluding hydrogens is 395 g/mol. The first-order valence-corrected chi connectivity index (χ1v) is 9.13. The van der Waals surface area contributed by atoms with Gasteiger partial charge in [0, 0.05) is 24.6 Å². The quantitative estimate of drug-likeness (QED) is 0.608. The van der Waals surface area contributed by atoms with Crippen LogP contribution in [0.1, 0.15) is 40.0 Å². The molecule has 0 aromatic heterocycles. The third-order valence-corrected chi connectivity index (χ3v) is 3.94. The van der Waals surface area contributed by atoms with Crippen LogP contribution >= 0.6 is 34.8 Å². The number of halogens is 3. The Morgan fingerprint density at radius 2 is 1.76 bits per heavy atom. The lowest BCUT2D eigenvalue weighted by molar-refractivity contribution is 0.0457. The summed E-state index contributed by atoms with van der Waals surface area (Å²) in [6.07, 6.45) is 0.487. The minimum atomic E-state index is -1.68. The van der Waals surface area contributed by atoms with Gasteiger partial charge >= 0.3 is 12.2 Å². The molecule has 0 aliphatic heterocycles. The second-order valence-electron chi connectivity index (χ2n) is 7.04. The van der Waals surface area contributed by atoms with Crippen LogP contribution in [0.5, 0.6) is 0 Å². The van der Waals surface area contributed by atoms with E-state index in [4.69, 9.17) is 44.3 Å². The van der Waals surface area contributed by atoms with Crippen LogP contribution in [0.4, 0.5) is 9.59 Å². The minimum absolute atomic E-state index is 0.137. The third kappa shape index (κ3) is 9.58. The summed E-state index contributed by atoms with van der Waals surface area (Å²) in [5, 5.41) is 15.0.